The van der Waals surface area contributed by atoms with Crippen molar-refractivity contribution in [2.45, 2.75) is 31.8 Å². The molecule has 0 unspecified atom stereocenters. The second-order valence-corrected chi connectivity index (χ2v) is 4.22. The van der Waals surface area contributed by atoms with Gasteiger partial charge in [-0.3, -0.25) is 0 Å². The molecule has 76 valence electrons. The van der Waals surface area contributed by atoms with Crippen LogP contribution in [-0.2, 0) is 5.60 Å². The number of halogens is 1. The van der Waals surface area contributed by atoms with Gasteiger partial charge >= 0.3 is 0 Å². The lowest BCUT2D eigenvalue weighted by atomic mass is 9.85. The quantitative estimate of drug-likeness (QED) is 0.728. The standard InChI is InChI=1S/C12H15FO/c1-9-3-2-8-12(9,14)10-4-6-11(13)7-5-10/h4-7,9,14H,2-3,8H2,1H3/t9-,12+/m1/s1. The van der Waals surface area contributed by atoms with Crippen LogP contribution >= 0.6 is 0 Å². The SMILES string of the molecule is C[C@@H]1CCC[C@@]1(O)c1ccc(F)cc1. The van der Waals surface area contributed by atoms with Crippen molar-refractivity contribution in [1.82, 2.24) is 0 Å². The first-order chi connectivity index (χ1) is 6.63. The van der Waals surface area contributed by atoms with Gasteiger partial charge in [0.1, 0.15) is 5.82 Å². The topological polar surface area (TPSA) is 20.2 Å². The lowest BCUT2D eigenvalue weighted by Crippen LogP contribution is -2.28. The molecule has 14 heavy (non-hydrogen) atoms. The van der Waals surface area contributed by atoms with E-state index in [-0.39, 0.29) is 11.7 Å². The summed E-state index contributed by atoms with van der Waals surface area (Å²) >= 11 is 0. The summed E-state index contributed by atoms with van der Waals surface area (Å²) in [6, 6.07) is 6.21. The first kappa shape index (κ1) is 9.66. The predicted molar refractivity (Wildman–Crippen MR) is 53.3 cm³/mol. The van der Waals surface area contributed by atoms with Gasteiger partial charge in [0.25, 0.3) is 0 Å². The van der Waals surface area contributed by atoms with E-state index in [9.17, 15) is 9.50 Å². The zero-order chi connectivity index (χ0) is 10.2. The molecule has 2 atom stereocenters. The molecule has 2 rings (SSSR count). The summed E-state index contributed by atoms with van der Waals surface area (Å²) in [6.45, 7) is 2.05. The average molecular weight is 194 g/mol. The van der Waals surface area contributed by atoms with Crippen LogP contribution in [0.4, 0.5) is 4.39 Å². The maximum absolute atomic E-state index is 12.7. The normalized spacial score (nSPS) is 32.1. The first-order valence-electron chi connectivity index (χ1n) is 5.11. The molecule has 1 aromatic rings. The van der Waals surface area contributed by atoms with Gasteiger partial charge in [0.2, 0.25) is 0 Å². The Morgan fingerprint density at radius 2 is 2.00 bits per heavy atom. The molecule has 0 radical (unpaired) electrons. The third kappa shape index (κ3) is 1.44. The molecule has 0 aliphatic heterocycles. The summed E-state index contributed by atoms with van der Waals surface area (Å²) in [5.41, 5.74) is 0.122. The third-order valence-corrected chi connectivity index (χ3v) is 3.35. The van der Waals surface area contributed by atoms with E-state index < -0.39 is 5.60 Å². The summed E-state index contributed by atoms with van der Waals surface area (Å²) in [6.07, 6.45) is 2.89. The molecule has 0 heterocycles. The number of hydrogen-bond acceptors (Lipinski definition) is 1. The zero-order valence-corrected chi connectivity index (χ0v) is 8.33. The third-order valence-electron chi connectivity index (χ3n) is 3.35. The number of aliphatic hydroxyl groups is 1. The van der Waals surface area contributed by atoms with Gasteiger partial charge in [-0.1, -0.05) is 19.1 Å². The molecule has 1 aliphatic carbocycles. The Labute approximate surface area is 83.6 Å². The van der Waals surface area contributed by atoms with Crippen LogP contribution in [-0.4, -0.2) is 5.11 Å². The molecular weight excluding hydrogens is 179 g/mol. The fourth-order valence-electron chi connectivity index (χ4n) is 2.33. The number of rotatable bonds is 1. The molecular formula is C12H15FO. The van der Waals surface area contributed by atoms with Gasteiger partial charge in [0.15, 0.2) is 0 Å². The van der Waals surface area contributed by atoms with Crippen LogP contribution in [0.1, 0.15) is 31.7 Å². The summed E-state index contributed by atoms with van der Waals surface area (Å²) in [4.78, 5) is 0. The first-order valence-corrected chi connectivity index (χ1v) is 5.11. The average Bonchev–Trinajstić information content (AvgIpc) is 2.49. The smallest absolute Gasteiger partial charge is 0.123 e. The predicted octanol–water partition coefficient (Wildman–Crippen LogP) is 2.83. The lowest BCUT2D eigenvalue weighted by Gasteiger charge is -2.28. The highest BCUT2D eigenvalue weighted by molar-refractivity contribution is 5.24. The maximum atomic E-state index is 12.7. The molecule has 1 saturated carbocycles. The van der Waals surface area contributed by atoms with E-state index in [0.717, 1.165) is 24.8 Å². The summed E-state index contributed by atoms with van der Waals surface area (Å²) < 4.78 is 12.7. The lowest BCUT2D eigenvalue weighted by molar-refractivity contribution is 0.00444. The van der Waals surface area contributed by atoms with E-state index in [1.54, 1.807) is 12.1 Å². The summed E-state index contributed by atoms with van der Waals surface area (Å²) in [5, 5.41) is 10.4. The van der Waals surface area contributed by atoms with Crippen molar-refractivity contribution in [3.8, 4) is 0 Å². The Morgan fingerprint density at radius 1 is 1.36 bits per heavy atom. The van der Waals surface area contributed by atoms with Crippen LogP contribution in [0.15, 0.2) is 24.3 Å². The molecule has 1 nitrogen and oxygen atoms in total. The highest BCUT2D eigenvalue weighted by atomic mass is 19.1. The van der Waals surface area contributed by atoms with Crippen LogP contribution in [0.5, 0.6) is 0 Å². The Morgan fingerprint density at radius 3 is 2.50 bits per heavy atom. The van der Waals surface area contributed by atoms with Gasteiger partial charge in [-0.25, -0.2) is 4.39 Å². The van der Waals surface area contributed by atoms with Crippen molar-refractivity contribution in [3.05, 3.63) is 35.6 Å². The summed E-state index contributed by atoms with van der Waals surface area (Å²) in [7, 11) is 0. The van der Waals surface area contributed by atoms with Crippen molar-refractivity contribution in [2.24, 2.45) is 5.92 Å². The monoisotopic (exact) mass is 194 g/mol. The fourth-order valence-corrected chi connectivity index (χ4v) is 2.33. The molecule has 0 saturated heterocycles. The Kier molecular flexibility index (Phi) is 2.31. The van der Waals surface area contributed by atoms with Crippen LogP contribution in [0.25, 0.3) is 0 Å². The molecule has 0 bridgehead atoms. The van der Waals surface area contributed by atoms with E-state index >= 15 is 0 Å². The van der Waals surface area contributed by atoms with Gasteiger partial charge in [-0.15, -0.1) is 0 Å². The molecule has 0 spiro atoms. The van der Waals surface area contributed by atoms with Crippen molar-refractivity contribution < 1.29 is 9.50 Å². The van der Waals surface area contributed by atoms with Crippen molar-refractivity contribution in [1.29, 1.82) is 0 Å². The minimum atomic E-state index is -0.728. The molecule has 1 aromatic carbocycles. The minimum Gasteiger partial charge on any atom is -0.385 e. The molecule has 2 heteroatoms. The van der Waals surface area contributed by atoms with Crippen molar-refractivity contribution in [3.63, 3.8) is 0 Å². The van der Waals surface area contributed by atoms with Crippen LogP contribution in [0.2, 0.25) is 0 Å². The van der Waals surface area contributed by atoms with Gasteiger partial charge in [-0.05, 0) is 42.9 Å². The Hall–Kier alpha value is -0.890. The minimum absolute atomic E-state index is 0.247. The second kappa shape index (κ2) is 3.35. The highest BCUT2D eigenvalue weighted by Crippen LogP contribution is 2.43. The Bertz CT molecular complexity index is 320. The maximum Gasteiger partial charge on any atom is 0.123 e. The van der Waals surface area contributed by atoms with Gasteiger partial charge < -0.3 is 5.11 Å². The van der Waals surface area contributed by atoms with Crippen molar-refractivity contribution >= 4 is 0 Å². The molecule has 1 fully saturated rings. The van der Waals surface area contributed by atoms with Gasteiger partial charge in [-0.2, -0.15) is 0 Å². The fraction of sp³-hybridized carbons (Fsp3) is 0.500. The van der Waals surface area contributed by atoms with E-state index in [1.807, 2.05) is 0 Å². The zero-order valence-electron chi connectivity index (χ0n) is 8.33. The van der Waals surface area contributed by atoms with Gasteiger partial charge in [0, 0.05) is 0 Å². The van der Waals surface area contributed by atoms with Gasteiger partial charge in [0.05, 0.1) is 5.60 Å². The van der Waals surface area contributed by atoms with Crippen LogP contribution in [0.3, 0.4) is 0 Å². The number of benzene rings is 1. The van der Waals surface area contributed by atoms with E-state index in [0.29, 0.717) is 0 Å². The molecule has 1 N–H and O–H groups in total. The van der Waals surface area contributed by atoms with Crippen LogP contribution < -0.4 is 0 Å². The largest absolute Gasteiger partial charge is 0.385 e. The molecule has 0 amide bonds. The number of hydrogen-bond donors (Lipinski definition) is 1. The van der Waals surface area contributed by atoms with E-state index in [1.165, 1.54) is 12.1 Å². The van der Waals surface area contributed by atoms with Crippen LogP contribution in [0, 0.1) is 11.7 Å². The molecule has 1 aliphatic rings. The Balaban J connectivity index is 2.34. The van der Waals surface area contributed by atoms with E-state index in [4.69, 9.17) is 0 Å². The molecule has 0 aromatic heterocycles. The van der Waals surface area contributed by atoms with Crippen molar-refractivity contribution in [2.75, 3.05) is 0 Å². The van der Waals surface area contributed by atoms with E-state index in [2.05, 4.69) is 6.92 Å². The second-order valence-electron chi connectivity index (χ2n) is 4.22. The highest BCUT2D eigenvalue weighted by Gasteiger charge is 2.39. The summed E-state index contributed by atoms with van der Waals surface area (Å²) in [5.74, 6) is 0.0240.